The van der Waals surface area contributed by atoms with Gasteiger partial charge in [-0.15, -0.1) is 0 Å². The molecule has 16 heavy (non-hydrogen) atoms. The van der Waals surface area contributed by atoms with Gasteiger partial charge in [0, 0.05) is 17.9 Å². The van der Waals surface area contributed by atoms with Crippen LogP contribution in [0.2, 0.25) is 5.02 Å². The van der Waals surface area contributed by atoms with E-state index >= 15 is 0 Å². The van der Waals surface area contributed by atoms with E-state index < -0.39 is 5.82 Å². The maximum atomic E-state index is 13.2. The van der Waals surface area contributed by atoms with Gasteiger partial charge >= 0.3 is 0 Å². The van der Waals surface area contributed by atoms with Crippen LogP contribution in [-0.4, -0.2) is 17.3 Å². The molecule has 1 aliphatic rings. The predicted molar refractivity (Wildman–Crippen MR) is 60.2 cm³/mol. The van der Waals surface area contributed by atoms with Crippen molar-refractivity contribution in [2.24, 2.45) is 5.41 Å². The Morgan fingerprint density at radius 1 is 1.50 bits per heavy atom. The molecule has 0 heterocycles. The van der Waals surface area contributed by atoms with Gasteiger partial charge in [0.2, 0.25) is 0 Å². The summed E-state index contributed by atoms with van der Waals surface area (Å²) in [6.07, 6.45) is 0.148. The summed E-state index contributed by atoms with van der Waals surface area (Å²) in [5, 5.41) is 9.63. The number of hydrogen-bond donors (Lipinski definition) is 1. The minimum absolute atomic E-state index is 0.0805. The van der Waals surface area contributed by atoms with E-state index in [0.29, 0.717) is 12.2 Å². The highest BCUT2D eigenvalue weighted by molar-refractivity contribution is 6.30. The average Bonchev–Trinajstić information content (AvgIpc) is 2.23. The third-order valence-corrected chi connectivity index (χ3v) is 3.60. The summed E-state index contributed by atoms with van der Waals surface area (Å²) in [7, 11) is 0. The highest BCUT2D eigenvalue weighted by Crippen LogP contribution is 2.43. The average molecular weight is 245 g/mol. The van der Waals surface area contributed by atoms with Gasteiger partial charge in [-0.2, -0.15) is 0 Å². The van der Waals surface area contributed by atoms with Crippen molar-refractivity contribution in [2.45, 2.75) is 32.5 Å². The van der Waals surface area contributed by atoms with E-state index in [-0.39, 0.29) is 22.6 Å². The molecule has 1 N–H and O–H groups in total. The Labute approximate surface area is 99.0 Å². The van der Waals surface area contributed by atoms with Gasteiger partial charge < -0.3 is 9.84 Å². The van der Waals surface area contributed by atoms with E-state index in [4.69, 9.17) is 16.3 Å². The Morgan fingerprint density at radius 3 is 2.69 bits per heavy atom. The first-order valence-electron chi connectivity index (χ1n) is 5.21. The zero-order valence-corrected chi connectivity index (χ0v) is 9.96. The van der Waals surface area contributed by atoms with E-state index in [1.165, 1.54) is 12.1 Å². The van der Waals surface area contributed by atoms with Crippen molar-refractivity contribution in [1.29, 1.82) is 0 Å². The molecule has 2 atom stereocenters. The van der Waals surface area contributed by atoms with Crippen LogP contribution in [-0.2, 0) is 0 Å². The number of hydrogen-bond acceptors (Lipinski definition) is 2. The van der Waals surface area contributed by atoms with E-state index in [9.17, 15) is 9.50 Å². The molecule has 0 aromatic heterocycles. The van der Waals surface area contributed by atoms with Gasteiger partial charge in [-0.1, -0.05) is 25.4 Å². The van der Waals surface area contributed by atoms with Gasteiger partial charge in [-0.3, -0.25) is 0 Å². The molecule has 0 spiro atoms. The first-order chi connectivity index (χ1) is 7.41. The fraction of sp³-hybridized carbons (Fsp3) is 0.500. The molecule has 0 aliphatic heterocycles. The van der Waals surface area contributed by atoms with Gasteiger partial charge in [0.1, 0.15) is 17.7 Å². The lowest BCUT2D eigenvalue weighted by atomic mass is 9.66. The van der Waals surface area contributed by atoms with Crippen molar-refractivity contribution in [2.75, 3.05) is 0 Å². The summed E-state index contributed by atoms with van der Waals surface area (Å²) in [6.45, 7) is 3.86. The molecule has 1 aromatic carbocycles. The SMILES string of the molecule is CC1(C)C(O)CC1Oc1ccc(Cl)c(F)c1. The smallest absolute Gasteiger partial charge is 0.145 e. The lowest BCUT2D eigenvalue weighted by Crippen LogP contribution is -2.56. The molecule has 1 aromatic rings. The van der Waals surface area contributed by atoms with Crippen LogP contribution in [0.1, 0.15) is 20.3 Å². The molecule has 0 radical (unpaired) electrons. The monoisotopic (exact) mass is 244 g/mol. The molecule has 0 amide bonds. The Hall–Kier alpha value is -0.800. The first kappa shape index (κ1) is 11.7. The maximum absolute atomic E-state index is 13.2. The standard InChI is InChI=1S/C12H14ClFO2/c1-12(2)10(15)6-11(12)16-7-3-4-8(13)9(14)5-7/h3-5,10-11,15H,6H2,1-2H3. The molecular weight excluding hydrogens is 231 g/mol. The van der Waals surface area contributed by atoms with Crippen LogP contribution in [0.4, 0.5) is 4.39 Å². The zero-order chi connectivity index (χ0) is 11.9. The van der Waals surface area contributed by atoms with E-state index in [0.717, 1.165) is 0 Å². The maximum Gasteiger partial charge on any atom is 0.145 e. The number of rotatable bonds is 2. The molecule has 2 nitrogen and oxygen atoms in total. The van der Waals surface area contributed by atoms with Gasteiger partial charge in [-0.05, 0) is 12.1 Å². The number of aliphatic hydroxyl groups is 1. The summed E-state index contributed by atoms with van der Waals surface area (Å²) in [4.78, 5) is 0. The van der Waals surface area contributed by atoms with Crippen molar-refractivity contribution in [3.8, 4) is 5.75 Å². The zero-order valence-electron chi connectivity index (χ0n) is 9.21. The minimum Gasteiger partial charge on any atom is -0.490 e. The molecule has 0 bridgehead atoms. The van der Waals surface area contributed by atoms with Gasteiger partial charge in [-0.25, -0.2) is 4.39 Å². The molecule has 88 valence electrons. The Kier molecular flexibility index (Phi) is 2.84. The van der Waals surface area contributed by atoms with Crippen molar-refractivity contribution in [3.05, 3.63) is 29.0 Å². The quantitative estimate of drug-likeness (QED) is 0.867. The topological polar surface area (TPSA) is 29.5 Å². The van der Waals surface area contributed by atoms with Crippen LogP contribution in [0, 0.1) is 11.2 Å². The third kappa shape index (κ3) is 1.89. The molecule has 4 heteroatoms. The van der Waals surface area contributed by atoms with Gasteiger partial charge in [0.15, 0.2) is 0 Å². The van der Waals surface area contributed by atoms with Crippen LogP contribution in [0.15, 0.2) is 18.2 Å². The Balaban J connectivity index is 2.08. The van der Waals surface area contributed by atoms with Crippen LogP contribution >= 0.6 is 11.6 Å². The summed E-state index contributed by atoms with van der Waals surface area (Å²) in [5.74, 6) is -0.0382. The second-order valence-electron chi connectivity index (χ2n) is 4.76. The number of benzene rings is 1. The van der Waals surface area contributed by atoms with Crippen molar-refractivity contribution >= 4 is 11.6 Å². The molecule has 1 aliphatic carbocycles. The summed E-state index contributed by atoms with van der Waals surface area (Å²) < 4.78 is 18.8. The number of halogens is 2. The van der Waals surface area contributed by atoms with Crippen molar-refractivity contribution in [1.82, 2.24) is 0 Å². The minimum atomic E-state index is -0.489. The van der Waals surface area contributed by atoms with Crippen LogP contribution in [0.5, 0.6) is 5.75 Å². The van der Waals surface area contributed by atoms with Crippen LogP contribution in [0.3, 0.4) is 0 Å². The number of ether oxygens (including phenoxy) is 1. The summed E-state index contributed by atoms with van der Waals surface area (Å²) >= 11 is 5.57. The second-order valence-corrected chi connectivity index (χ2v) is 5.16. The van der Waals surface area contributed by atoms with Gasteiger partial charge in [0.25, 0.3) is 0 Å². The second kappa shape index (κ2) is 3.90. The predicted octanol–water partition coefficient (Wildman–Crippen LogP) is 3.02. The summed E-state index contributed by atoms with van der Waals surface area (Å²) in [5.41, 5.74) is -0.282. The summed E-state index contributed by atoms with van der Waals surface area (Å²) in [6, 6.07) is 4.36. The Morgan fingerprint density at radius 2 is 2.19 bits per heavy atom. The molecule has 0 saturated heterocycles. The Bertz CT molecular complexity index is 406. The molecule has 1 fully saturated rings. The fourth-order valence-electron chi connectivity index (χ4n) is 1.78. The highest BCUT2D eigenvalue weighted by Gasteiger charge is 2.49. The first-order valence-corrected chi connectivity index (χ1v) is 5.59. The van der Waals surface area contributed by atoms with E-state index in [1.54, 1.807) is 6.07 Å². The van der Waals surface area contributed by atoms with Gasteiger partial charge in [0.05, 0.1) is 11.1 Å². The third-order valence-electron chi connectivity index (χ3n) is 3.30. The lowest BCUT2D eigenvalue weighted by Gasteiger charge is -2.48. The van der Waals surface area contributed by atoms with E-state index in [1.807, 2.05) is 13.8 Å². The van der Waals surface area contributed by atoms with Crippen molar-refractivity contribution in [3.63, 3.8) is 0 Å². The largest absolute Gasteiger partial charge is 0.490 e. The normalized spacial score (nSPS) is 27.3. The molecule has 1 saturated carbocycles. The highest BCUT2D eigenvalue weighted by atomic mass is 35.5. The molecular formula is C12H14ClFO2. The lowest BCUT2D eigenvalue weighted by molar-refractivity contribution is -0.134. The van der Waals surface area contributed by atoms with Crippen LogP contribution < -0.4 is 4.74 Å². The fourth-order valence-corrected chi connectivity index (χ4v) is 1.90. The number of aliphatic hydroxyl groups excluding tert-OH is 1. The molecule has 2 unspecified atom stereocenters. The molecule has 2 rings (SSSR count). The van der Waals surface area contributed by atoms with E-state index in [2.05, 4.69) is 0 Å². The van der Waals surface area contributed by atoms with Crippen molar-refractivity contribution < 1.29 is 14.2 Å². The van der Waals surface area contributed by atoms with Crippen LogP contribution in [0.25, 0.3) is 0 Å².